The molecule has 1 aliphatic rings. The minimum absolute atomic E-state index is 0.203. The van der Waals surface area contributed by atoms with Crippen LogP contribution in [0, 0.1) is 19.8 Å². The first-order valence-electron chi connectivity index (χ1n) is 6.37. The van der Waals surface area contributed by atoms with Crippen molar-refractivity contribution < 1.29 is 4.79 Å². The van der Waals surface area contributed by atoms with Crippen molar-refractivity contribution in [2.45, 2.75) is 33.7 Å². The molecular weight excluding hydrogens is 210 g/mol. The third-order valence-electron chi connectivity index (χ3n) is 3.65. The minimum Gasteiger partial charge on any atom is -0.299 e. The predicted octanol–water partition coefficient (Wildman–Crippen LogP) is 2.71. The van der Waals surface area contributed by atoms with Crippen LogP contribution in [0.15, 0.2) is 18.2 Å². The van der Waals surface area contributed by atoms with Gasteiger partial charge in [0, 0.05) is 32.0 Å². The molecule has 1 aromatic rings. The molecule has 0 amide bonds. The molecule has 2 heteroatoms. The van der Waals surface area contributed by atoms with Gasteiger partial charge < -0.3 is 0 Å². The zero-order valence-electron chi connectivity index (χ0n) is 11.0. The Morgan fingerprint density at radius 2 is 2.12 bits per heavy atom. The molecule has 1 atom stereocenters. The Morgan fingerprint density at radius 3 is 2.82 bits per heavy atom. The van der Waals surface area contributed by atoms with Crippen molar-refractivity contribution >= 4 is 5.78 Å². The van der Waals surface area contributed by atoms with Crippen molar-refractivity contribution in [1.29, 1.82) is 0 Å². The highest BCUT2D eigenvalue weighted by atomic mass is 16.1. The molecule has 1 aromatic carbocycles. The van der Waals surface area contributed by atoms with Gasteiger partial charge in [0.25, 0.3) is 0 Å². The van der Waals surface area contributed by atoms with E-state index >= 15 is 0 Å². The first-order chi connectivity index (χ1) is 8.06. The van der Waals surface area contributed by atoms with E-state index in [4.69, 9.17) is 0 Å². The van der Waals surface area contributed by atoms with Crippen molar-refractivity contribution in [2.24, 2.45) is 5.92 Å². The smallest absolute Gasteiger partial charge is 0.138 e. The molecule has 1 unspecified atom stereocenters. The van der Waals surface area contributed by atoms with E-state index in [2.05, 4.69) is 36.9 Å². The largest absolute Gasteiger partial charge is 0.299 e. The molecule has 0 aromatic heterocycles. The third kappa shape index (κ3) is 2.95. The molecule has 0 aliphatic carbocycles. The number of nitrogens with zero attached hydrogens (tertiary/aromatic N) is 1. The third-order valence-corrected chi connectivity index (χ3v) is 3.65. The lowest BCUT2D eigenvalue weighted by molar-refractivity contribution is -0.125. The predicted molar refractivity (Wildman–Crippen MR) is 70.0 cm³/mol. The van der Waals surface area contributed by atoms with E-state index in [1.54, 1.807) is 0 Å². The topological polar surface area (TPSA) is 20.3 Å². The van der Waals surface area contributed by atoms with Gasteiger partial charge in [0.15, 0.2) is 0 Å². The second-order valence-electron chi connectivity index (χ2n) is 5.28. The second-order valence-corrected chi connectivity index (χ2v) is 5.28. The van der Waals surface area contributed by atoms with Crippen molar-refractivity contribution in [2.75, 3.05) is 13.1 Å². The number of Topliss-reactive ketones (excluding diaryl/α,β-unsaturated/α-hetero) is 1. The highest BCUT2D eigenvalue weighted by Crippen LogP contribution is 2.18. The van der Waals surface area contributed by atoms with E-state index in [1.807, 2.05) is 6.92 Å². The lowest BCUT2D eigenvalue weighted by Crippen LogP contribution is -2.39. The Bertz CT molecular complexity index is 425. The number of rotatable bonds is 2. The number of aryl methyl sites for hydroxylation is 2. The van der Waals surface area contributed by atoms with Crippen LogP contribution in [-0.4, -0.2) is 23.8 Å². The fourth-order valence-electron chi connectivity index (χ4n) is 2.45. The molecule has 1 fully saturated rings. The molecule has 0 bridgehead atoms. The zero-order valence-corrected chi connectivity index (χ0v) is 11.0. The molecule has 2 nitrogen and oxygen atoms in total. The van der Waals surface area contributed by atoms with Gasteiger partial charge in [-0.1, -0.05) is 30.7 Å². The van der Waals surface area contributed by atoms with Crippen LogP contribution in [0.4, 0.5) is 0 Å². The Balaban J connectivity index is 2.06. The zero-order chi connectivity index (χ0) is 12.4. The molecule has 1 saturated heterocycles. The molecule has 1 heterocycles. The van der Waals surface area contributed by atoms with E-state index < -0.39 is 0 Å². The van der Waals surface area contributed by atoms with Gasteiger partial charge in [-0.3, -0.25) is 9.69 Å². The van der Waals surface area contributed by atoms with E-state index in [-0.39, 0.29) is 5.92 Å². The van der Waals surface area contributed by atoms with Crippen LogP contribution in [0.25, 0.3) is 0 Å². The van der Waals surface area contributed by atoms with Crippen LogP contribution in [0.2, 0.25) is 0 Å². The summed E-state index contributed by atoms with van der Waals surface area (Å²) in [6.07, 6.45) is 0.714. The number of carbonyl (C=O) groups excluding carboxylic acids is 1. The van der Waals surface area contributed by atoms with Gasteiger partial charge in [-0.05, 0) is 25.0 Å². The Labute approximate surface area is 104 Å². The SMILES string of the molecule is Cc1ccc(C)c(CN2CCC(=O)C(C)C2)c1. The standard InChI is InChI=1S/C15H21NO/c1-11-4-5-12(2)14(8-11)10-16-7-6-15(17)13(3)9-16/h4-5,8,13H,6-7,9-10H2,1-3H3. The minimum atomic E-state index is 0.203. The van der Waals surface area contributed by atoms with Gasteiger partial charge in [-0.2, -0.15) is 0 Å². The Kier molecular flexibility index (Phi) is 3.63. The summed E-state index contributed by atoms with van der Waals surface area (Å²) in [5, 5.41) is 0. The summed E-state index contributed by atoms with van der Waals surface area (Å²) in [6, 6.07) is 6.60. The fraction of sp³-hybridized carbons (Fsp3) is 0.533. The van der Waals surface area contributed by atoms with Gasteiger partial charge in [0.05, 0.1) is 0 Å². The maximum Gasteiger partial charge on any atom is 0.138 e. The Morgan fingerprint density at radius 1 is 1.35 bits per heavy atom. The summed E-state index contributed by atoms with van der Waals surface area (Å²) >= 11 is 0. The summed E-state index contributed by atoms with van der Waals surface area (Å²) in [7, 11) is 0. The maximum atomic E-state index is 11.5. The summed E-state index contributed by atoms with van der Waals surface area (Å²) in [6.45, 7) is 9.13. The lowest BCUT2D eigenvalue weighted by Gasteiger charge is -2.30. The highest BCUT2D eigenvalue weighted by molar-refractivity contribution is 5.81. The average Bonchev–Trinajstić information content (AvgIpc) is 2.29. The van der Waals surface area contributed by atoms with Crippen LogP contribution < -0.4 is 0 Å². The highest BCUT2D eigenvalue weighted by Gasteiger charge is 2.23. The summed E-state index contributed by atoms with van der Waals surface area (Å²) in [4.78, 5) is 13.9. The van der Waals surface area contributed by atoms with Crippen molar-refractivity contribution in [1.82, 2.24) is 4.90 Å². The summed E-state index contributed by atoms with van der Waals surface area (Å²) < 4.78 is 0. The van der Waals surface area contributed by atoms with Crippen molar-refractivity contribution in [3.05, 3.63) is 34.9 Å². The number of piperidine rings is 1. The van der Waals surface area contributed by atoms with Crippen LogP contribution in [0.5, 0.6) is 0 Å². The molecule has 0 spiro atoms. The molecular formula is C15H21NO. The van der Waals surface area contributed by atoms with Gasteiger partial charge in [0.2, 0.25) is 0 Å². The van der Waals surface area contributed by atoms with E-state index in [1.165, 1.54) is 16.7 Å². The number of carbonyl (C=O) groups is 1. The Hall–Kier alpha value is -1.15. The van der Waals surface area contributed by atoms with Gasteiger partial charge in [-0.25, -0.2) is 0 Å². The van der Waals surface area contributed by atoms with Gasteiger partial charge in [0.1, 0.15) is 5.78 Å². The summed E-state index contributed by atoms with van der Waals surface area (Å²) in [5.41, 5.74) is 4.05. The molecule has 0 saturated carbocycles. The van der Waals surface area contributed by atoms with E-state index in [0.29, 0.717) is 12.2 Å². The quantitative estimate of drug-likeness (QED) is 0.780. The van der Waals surface area contributed by atoms with Crippen molar-refractivity contribution in [3.8, 4) is 0 Å². The molecule has 0 N–H and O–H groups in total. The molecule has 17 heavy (non-hydrogen) atoms. The average molecular weight is 231 g/mol. The number of benzene rings is 1. The number of hydrogen-bond acceptors (Lipinski definition) is 2. The summed E-state index contributed by atoms with van der Waals surface area (Å²) in [5.74, 6) is 0.621. The number of hydrogen-bond donors (Lipinski definition) is 0. The van der Waals surface area contributed by atoms with Crippen LogP contribution in [0.3, 0.4) is 0 Å². The van der Waals surface area contributed by atoms with Crippen LogP contribution >= 0.6 is 0 Å². The number of ketones is 1. The lowest BCUT2D eigenvalue weighted by atomic mass is 9.97. The normalized spacial score (nSPS) is 21.8. The van der Waals surface area contributed by atoms with Gasteiger partial charge in [-0.15, -0.1) is 0 Å². The molecule has 92 valence electrons. The van der Waals surface area contributed by atoms with Crippen LogP contribution in [0.1, 0.15) is 30.0 Å². The van der Waals surface area contributed by atoms with Crippen LogP contribution in [-0.2, 0) is 11.3 Å². The van der Waals surface area contributed by atoms with E-state index in [0.717, 1.165) is 19.6 Å². The monoisotopic (exact) mass is 231 g/mol. The van der Waals surface area contributed by atoms with Gasteiger partial charge >= 0.3 is 0 Å². The molecule has 2 rings (SSSR count). The maximum absolute atomic E-state index is 11.5. The molecule has 1 aliphatic heterocycles. The van der Waals surface area contributed by atoms with E-state index in [9.17, 15) is 4.79 Å². The number of likely N-dealkylation sites (tertiary alicyclic amines) is 1. The first kappa shape index (κ1) is 12.3. The molecule has 0 radical (unpaired) electrons. The van der Waals surface area contributed by atoms with Crippen molar-refractivity contribution in [3.63, 3.8) is 0 Å². The fourth-order valence-corrected chi connectivity index (χ4v) is 2.45. The first-order valence-corrected chi connectivity index (χ1v) is 6.37. The second kappa shape index (κ2) is 5.01.